The molecule has 0 spiro atoms. The molecule has 3 rings (SSSR count). The van der Waals surface area contributed by atoms with Crippen LogP contribution in [0.15, 0.2) is 35.3 Å². The second kappa shape index (κ2) is 10.6. The summed E-state index contributed by atoms with van der Waals surface area (Å²) in [4.78, 5) is 4.80. The third kappa shape index (κ3) is 6.19. The molecule has 6 nitrogen and oxygen atoms in total. The van der Waals surface area contributed by atoms with Crippen LogP contribution in [0.1, 0.15) is 62.3 Å². The number of aromatic nitrogens is 3. The van der Waals surface area contributed by atoms with E-state index in [1.54, 1.807) is 0 Å². The minimum absolute atomic E-state index is 0. The Hall–Kier alpha value is -1.64. The van der Waals surface area contributed by atoms with E-state index in [0.717, 1.165) is 17.6 Å². The molecular weight excluding hydrogens is 451 g/mol. The Balaban J connectivity index is 0.00000261. The Morgan fingerprint density at radius 2 is 1.89 bits per heavy atom. The van der Waals surface area contributed by atoms with Gasteiger partial charge in [-0.15, -0.1) is 34.2 Å². The smallest absolute Gasteiger partial charge is 0.192 e. The molecule has 148 valence electrons. The first-order chi connectivity index (χ1) is 12.6. The maximum Gasteiger partial charge on any atom is 0.192 e. The molecule has 1 aliphatic carbocycles. The minimum Gasteiger partial charge on any atom is -0.354 e. The number of aliphatic imine (C=N–C) groups is 1. The monoisotopic (exact) mass is 482 g/mol. The Kier molecular flexibility index (Phi) is 8.53. The molecule has 1 unspecified atom stereocenters. The Morgan fingerprint density at radius 1 is 1.19 bits per heavy atom. The summed E-state index contributed by atoms with van der Waals surface area (Å²) in [5.41, 5.74) is 1.25. The van der Waals surface area contributed by atoms with Crippen LogP contribution in [-0.2, 0) is 13.6 Å². The van der Waals surface area contributed by atoms with Gasteiger partial charge in [-0.3, -0.25) is 0 Å². The highest BCUT2D eigenvalue weighted by Gasteiger charge is 2.16. The van der Waals surface area contributed by atoms with Gasteiger partial charge in [0.2, 0.25) is 0 Å². The summed E-state index contributed by atoms with van der Waals surface area (Å²) in [6.45, 7) is 4.64. The Bertz CT molecular complexity index is 721. The molecule has 0 bridgehead atoms. The number of aryl methyl sites for hydroxylation is 1. The van der Waals surface area contributed by atoms with Crippen LogP contribution >= 0.6 is 24.0 Å². The highest BCUT2D eigenvalue weighted by atomic mass is 127. The van der Waals surface area contributed by atoms with E-state index in [9.17, 15) is 0 Å². The van der Waals surface area contributed by atoms with Gasteiger partial charge in [-0.25, -0.2) is 4.99 Å². The fraction of sp³-hybridized carbons (Fsp3) is 0.550. The molecule has 1 heterocycles. The van der Waals surface area contributed by atoms with Crippen molar-refractivity contribution in [1.29, 1.82) is 0 Å². The van der Waals surface area contributed by atoms with E-state index in [2.05, 4.69) is 52.0 Å². The SMILES string of the molecule is Cc1nnc(CN=C(NC2CCCCC2)NC(C)c2ccccc2)n1C.I. The number of hydrogen-bond acceptors (Lipinski definition) is 3. The predicted octanol–water partition coefficient (Wildman–Crippen LogP) is 3.87. The van der Waals surface area contributed by atoms with E-state index >= 15 is 0 Å². The molecule has 0 amide bonds. The van der Waals surface area contributed by atoms with Crippen LogP contribution in [0.25, 0.3) is 0 Å². The molecule has 1 fully saturated rings. The summed E-state index contributed by atoms with van der Waals surface area (Å²) < 4.78 is 1.99. The number of nitrogens with zero attached hydrogens (tertiary/aromatic N) is 4. The van der Waals surface area contributed by atoms with Crippen LogP contribution in [0, 0.1) is 6.92 Å². The van der Waals surface area contributed by atoms with Crippen LogP contribution in [-0.4, -0.2) is 26.8 Å². The first kappa shape index (κ1) is 21.7. The summed E-state index contributed by atoms with van der Waals surface area (Å²) in [7, 11) is 1.98. The van der Waals surface area contributed by atoms with Gasteiger partial charge >= 0.3 is 0 Å². The average molecular weight is 482 g/mol. The Morgan fingerprint density at radius 3 is 2.52 bits per heavy atom. The maximum absolute atomic E-state index is 4.80. The number of benzene rings is 1. The van der Waals surface area contributed by atoms with E-state index in [-0.39, 0.29) is 30.0 Å². The lowest BCUT2D eigenvalue weighted by Crippen LogP contribution is -2.45. The largest absolute Gasteiger partial charge is 0.354 e. The van der Waals surface area contributed by atoms with Crippen molar-refractivity contribution in [2.45, 2.75) is 64.6 Å². The van der Waals surface area contributed by atoms with Crippen molar-refractivity contribution >= 4 is 29.9 Å². The van der Waals surface area contributed by atoms with Gasteiger partial charge in [0.1, 0.15) is 12.4 Å². The van der Waals surface area contributed by atoms with Crippen LogP contribution in [0.4, 0.5) is 0 Å². The molecule has 1 aromatic carbocycles. The third-order valence-corrected chi connectivity index (χ3v) is 5.16. The molecule has 1 aliphatic rings. The van der Waals surface area contributed by atoms with Gasteiger partial charge < -0.3 is 15.2 Å². The van der Waals surface area contributed by atoms with Gasteiger partial charge in [0.05, 0.1) is 6.04 Å². The molecule has 0 radical (unpaired) electrons. The molecule has 1 atom stereocenters. The van der Waals surface area contributed by atoms with Crippen molar-refractivity contribution in [3.63, 3.8) is 0 Å². The molecular formula is C20H31IN6. The molecule has 2 aromatic rings. The zero-order chi connectivity index (χ0) is 18.4. The zero-order valence-corrected chi connectivity index (χ0v) is 18.8. The van der Waals surface area contributed by atoms with Gasteiger partial charge in [0.25, 0.3) is 0 Å². The van der Waals surface area contributed by atoms with Crippen molar-refractivity contribution in [3.05, 3.63) is 47.5 Å². The van der Waals surface area contributed by atoms with Gasteiger partial charge in [0, 0.05) is 13.1 Å². The molecule has 1 aromatic heterocycles. The third-order valence-electron chi connectivity index (χ3n) is 5.16. The summed E-state index contributed by atoms with van der Waals surface area (Å²) in [6.07, 6.45) is 6.35. The first-order valence-corrected chi connectivity index (χ1v) is 9.61. The van der Waals surface area contributed by atoms with Gasteiger partial charge in [-0.05, 0) is 32.3 Å². The molecule has 0 aliphatic heterocycles. The molecule has 7 heteroatoms. The van der Waals surface area contributed by atoms with E-state index in [4.69, 9.17) is 4.99 Å². The number of halogens is 1. The van der Waals surface area contributed by atoms with Crippen molar-refractivity contribution in [2.75, 3.05) is 0 Å². The highest BCUT2D eigenvalue weighted by Crippen LogP contribution is 2.18. The molecule has 2 N–H and O–H groups in total. The van der Waals surface area contributed by atoms with Crippen molar-refractivity contribution in [2.24, 2.45) is 12.0 Å². The van der Waals surface area contributed by atoms with Gasteiger partial charge in [0.15, 0.2) is 11.8 Å². The summed E-state index contributed by atoms with van der Waals surface area (Å²) in [5, 5.41) is 15.5. The number of nitrogens with one attached hydrogen (secondary N) is 2. The lowest BCUT2D eigenvalue weighted by Gasteiger charge is -2.26. The number of hydrogen-bond donors (Lipinski definition) is 2. The lowest BCUT2D eigenvalue weighted by molar-refractivity contribution is 0.408. The second-order valence-electron chi connectivity index (χ2n) is 7.14. The number of guanidine groups is 1. The van der Waals surface area contributed by atoms with Crippen LogP contribution in [0.2, 0.25) is 0 Å². The van der Waals surface area contributed by atoms with Crippen molar-refractivity contribution in [1.82, 2.24) is 25.4 Å². The predicted molar refractivity (Wildman–Crippen MR) is 120 cm³/mol. The van der Waals surface area contributed by atoms with Crippen molar-refractivity contribution < 1.29 is 0 Å². The summed E-state index contributed by atoms with van der Waals surface area (Å²) in [6, 6.07) is 11.2. The molecule has 0 saturated heterocycles. The highest BCUT2D eigenvalue weighted by molar-refractivity contribution is 14.0. The van der Waals surface area contributed by atoms with E-state index < -0.39 is 0 Å². The fourth-order valence-corrected chi connectivity index (χ4v) is 3.34. The van der Waals surface area contributed by atoms with Gasteiger partial charge in [-0.1, -0.05) is 49.6 Å². The van der Waals surface area contributed by atoms with Crippen LogP contribution in [0.3, 0.4) is 0 Å². The lowest BCUT2D eigenvalue weighted by atomic mass is 9.96. The average Bonchev–Trinajstić information content (AvgIpc) is 2.99. The molecule has 1 saturated carbocycles. The van der Waals surface area contributed by atoms with E-state index in [0.29, 0.717) is 12.6 Å². The first-order valence-electron chi connectivity index (χ1n) is 9.61. The van der Waals surface area contributed by atoms with Crippen molar-refractivity contribution in [3.8, 4) is 0 Å². The van der Waals surface area contributed by atoms with E-state index in [1.807, 2.05) is 24.6 Å². The van der Waals surface area contributed by atoms with Crippen LogP contribution in [0.5, 0.6) is 0 Å². The normalized spacial score (nSPS) is 16.5. The minimum atomic E-state index is 0. The topological polar surface area (TPSA) is 67.1 Å². The zero-order valence-electron chi connectivity index (χ0n) is 16.5. The Labute approximate surface area is 179 Å². The van der Waals surface area contributed by atoms with Gasteiger partial charge in [-0.2, -0.15) is 0 Å². The van der Waals surface area contributed by atoms with E-state index in [1.165, 1.54) is 37.7 Å². The second-order valence-corrected chi connectivity index (χ2v) is 7.14. The quantitative estimate of drug-likeness (QED) is 0.386. The summed E-state index contributed by atoms with van der Waals surface area (Å²) in [5.74, 6) is 2.64. The standard InChI is InChI=1S/C20H30N6.HI/c1-15(17-10-6-4-7-11-17)22-20(23-18-12-8-5-9-13-18)21-14-19-25-24-16(2)26(19)3;/h4,6-7,10-11,15,18H,5,8-9,12-14H2,1-3H3,(H2,21,22,23);1H. The fourth-order valence-electron chi connectivity index (χ4n) is 3.34. The summed E-state index contributed by atoms with van der Waals surface area (Å²) >= 11 is 0. The van der Waals surface area contributed by atoms with Crippen LogP contribution < -0.4 is 10.6 Å². The molecule has 27 heavy (non-hydrogen) atoms. The maximum atomic E-state index is 4.80. The number of rotatable bonds is 5.